The minimum Gasteiger partial charge on any atom is -0.441 e. The van der Waals surface area contributed by atoms with E-state index in [1.54, 1.807) is 18.2 Å². The average Bonchev–Trinajstić information content (AvgIpc) is 3.39. The van der Waals surface area contributed by atoms with E-state index in [9.17, 15) is 24.6 Å². The van der Waals surface area contributed by atoms with Gasteiger partial charge in [0.1, 0.15) is 5.60 Å². The largest absolute Gasteiger partial charge is 0.441 e. The summed E-state index contributed by atoms with van der Waals surface area (Å²) in [6.07, 6.45) is 8.46. The number of ketones is 2. The number of aliphatic hydroxyl groups excluding tert-OH is 1. The topological polar surface area (TPSA) is 118 Å². The predicted molar refractivity (Wildman–Crippen MR) is 146 cm³/mol. The fraction of sp³-hybridized carbons (Fsp3) is 0.516. The number of carbonyl (C=O) groups is 3. The number of nitrogens with one attached hydrogen (secondary N) is 1. The lowest BCUT2D eigenvalue weighted by Gasteiger charge is -2.59. The number of anilines is 1. The molecule has 3 N–H and O–H groups in total. The molecule has 1 aromatic heterocycles. The van der Waals surface area contributed by atoms with E-state index in [0.717, 1.165) is 29.3 Å². The zero-order chi connectivity index (χ0) is 27.7. The minimum absolute atomic E-state index is 0.0125. The van der Waals surface area contributed by atoms with Crippen LogP contribution >= 0.6 is 0 Å². The molecule has 39 heavy (non-hydrogen) atoms. The summed E-state index contributed by atoms with van der Waals surface area (Å²) in [6, 6.07) is 7.47. The average molecular weight is 533 g/mol. The van der Waals surface area contributed by atoms with Gasteiger partial charge in [-0.3, -0.25) is 14.9 Å². The minimum atomic E-state index is -1.69. The number of fused-ring (bicyclic) bond motifs is 6. The number of hydrogen-bond acceptors (Lipinski definition) is 6. The van der Waals surface area contributed by atoms with Crippen molar-refractivity contribution < 1.29 is 29.3 Å². The van der Waals surface area contributed by atoms with Crippen molar-refractivity contribution in [3.8, 4) is 0 Å². The van der Waals surface area contributed by atoms with Gasteiger partial charge in [-0.15, -0.1) is 0 Å². The Morgan fingerprint density at radius 2 is 2.00 bits per heavy atom. The highest BCUT2D eigenvalue weighted by Gasteiger charge is 2.68. The van der Waals surface area contributed by atoms with Gasteiger partial charge in [0.2, 0.25) is 5.78 Å². The van der Waals surface area contributed by atoms with E-state index in [4.69, 9.17) is 4.74 Å². The second-order valence-electron chi connectivity index (χ2n) is 12.4. The van der Waals surface area contributed by atoms with Crippen LogP contribution < -0.4 is 5.32 Å². The molecule has 1 heterocycles. The Hall–Kier alpha value is -3.23. The van der Waals surface area contributed by atoms with Crippen molar-refractivity contribution in [2.45, 2.75) is 57.7 Å². The van der Waals surface area contributed by atoms with Gasteiger partial charge < -0.3 is 19.5 Å². The molecule has 206 valence electrons. The number of aryl methyl sites for hydroxylation is 1. The molecule has 0 bridgehead atoms. The normalized spacial score (nSPS) is 37.1. The Kier molecular flexibility index (Phi) is 5.93. The maximum absolute atomic E-state index is 13.5. The highest BCUT2D eigenvalue weighted by Crippen LogP contribution is 2.67. The van der Waals surface area contributed by atoms with Crippen LogP contribution in [0.3, 0.4) is 0 Å². The Morgan fingerprint density at radius 1 is 1.21 bits per heavy atom. The zero-order valence-electron chi connectivity index (χ0n) is 22.6. The summed E-state index contributed by atoms with van der Waals surface area (Å²) >= 11 is 0. The quantitative estimate of drug-likeness (QED) is 0.540. The third-order valence-electron chi connectivity index (χ3n) is 10.6. The molecule has 0 radical (unpaired) electrons. The second kappa shape index (κ2) is 8.89. The molecule has 7 atom stereocenters. The zero-order valence-corrected chi connectivity index (χ0v) is 22.6. The standard InChI is InChI=1S/C31H36N2O6/c1-29-11-8-21(34)14-19(29)5-7-22-23-9-12-31(38,30(23,2)16-25(35)27(22)29)26(36)17-39-28(37)32-20-6-4-18-10-13-33(3)24(18)15-20/h4,6,8,10-11,13-15,22-23,25,27,35,38H,5,7,9,12,16-17H2,1-3H3,(H,32,37)/t22?,23?,25-,27?,29?,30?,31-/m0/s1. The summed E-state index contributed by atoms with van der Waals surface area (Å²) in [4.78, 5) is 38.0. The van der Waals surface area contributed by atoms with Crippen LogP contribution in [0.1, 0.15) is 46.0 Å². The van der Waals surface area contributed by atoms with Crippen molar-refractivity contribution in [1.82, 2.24) is 4.57 Å². The van der Waals surface area contributed by atoms with E-state index < -0.39 is 41.0 Å². The van der Waals surface area contributed by atoms with Crippen molar-refractivity contribution in [3.05, 3.63) is 54.3 Å². The van der Waals surface area contributed by atoms with Gasteiger partial charge in [-0.05, 0) is 79.7 Å². The van der Waals surface area contributed by atoms with Crippen LogP contribution in [-0.4, -0.2) is 50.8 Å². The number of rotatable bonds is 4. The summed E-state index contributed by atoms with van der Waals surface area (Å²) in [6.45, 7) is 3.46. The molecule has 0 spiro atoms. The number of carbonyl (C=O) groups excluding carboxylic acids is 3. The maximum atomic E-state index is 13.5. The van der Waals surface area contributed by atoms with Gasteiger partial charge in [-0.25, -0.2) is 4.79 Å². The predicted octanol–water partition coefficient (Wildman–Crippen LogP) is 4.31. The lowest BCUT2D eigenvalue weighted by atomic mass is 9.46. The molecule has 2 aromatic rings. The number of nitrogens with zero attached hydrogens (tertiary/aromatic N) is 1. The molecule has 5 unspecified atom stereocenters. The first kappa shape index (κ1) is 26.0. The SMILES string of the molecule is Cn1ccc2ccc(NC(=O)OCC(=O)[C@@]3(O)CCC4C5CCC6=CC(=O)C=CC6(C)C5[C@@H](O)CC43C)cc21. The van der Waals surface area contributed by atoms with Crippen LogP contribution in [-0.2, 0) is 21.4 Å². The van der Waals surface area contributed by atoms with Gasteiger partial charge in [0, 0.05) is 41.2 Å². The van der Waals surface area contributed by atoms with Gasteiger partial charge in [0.15, 0.2) is 12.4 Å². The Balaban J connectivity index is 1.16. The van der Waals surface area contributed by atoms with Crippen molar-refractivity contribution >= 4 is 34.3 Å². The molecule has 8 heteroatoms. The van der Waals surface area contributed by atoms with E-state index in [1.165, 1.54) is 0 Å². The van der Waals surface area contributed by atoms with Crippen LogP contribution in [0.4, 0.5) is 10.5 Å². The number of Topliss-reactive ketones (excluding diaryl/α,β-unsaturated/α-hetero) is 1. The highest BCUT2D eigenvalue weighted by molar-refractivity contribution is 6.01. The number of aliphatic hydroxyl groups is 2. The molecule has 3 saturated carbocycles. The lowest BCUT2D eigenvalue weighted by Crippen LogP contribution is -2.61. The molecule has 8 nitrogen and oxygen atoms in total. The smallest absolute Gasteiger partial charge is 0.412 e. The van der Waals surface area contributed by atoms with Crippen LogP contribution in [0, 0.1) is 28.6 Å². The number of benzene rings is 1. The van der Waals surface area contributed by atoms with Crippen LogP contribution in [0.15, 0.2) is 54.3 Å². The van der Waals surface area contributed by atoms with E-state index in [0.29, 0.717) is 12.1 Å². The van der Waals surface area contributed by atoms with Crippen LogP contribution in [0.2, 0.25) is 0 Å². The van der Waals surface area contributed by atoms with Gasteiger partial charge in [0.05, 0.1) is 6.10 Å². The Labute approximate surface area is 227 Å². The van der Waals surface area contributed by atoms with Gasteiger partial charge >= 0.3 is 6.09 Å². The molecule has 6 rings (SSSR count). The van der Waals surface area contributed by atoms with Crippen molar-refractivity contribution in [3.63, 3.8) is 0 Å². The van der Waals surface area contributed by atoms with Gasteiger partial charge in [-0.1, -0.05) is 31.6 Å². The first-order valence-electron chi connectivity index (χ1n) is 13.8. The summed E-state index contributed by atoms with van der Waals surface area (Å²) in [7, 11) is 1.92. The van der Waals surface area contributed by atoms with E-state index in [2.05, 4.69) is 12.2 Å². The van der Waals surface area contributed by atoms with Crippen molar-refractivity contribution in [2.75, 3.05) is 11.9 Å². The number of aromatic nitrogens is 1. The molecule has 3 fully saturated rings. The third-order valence-corrected chi connectivity index (χ3v) is 10.6. The Morgan fingerprint density at radius 3 is 2.79 bits per heavy atom. The van der Waals surface area contributed by atoms with Crippen LogP contribution in [0.25, 0.3) is 10.9 Å². The number of amides is 1. The molecule has 0 saturated heterocycles. The van der Waals surface area contributed by atoms with Gasteiger partial charge in [-0.2, -0.15) is 0 Å². The molecule has 4 aliphatic carbocycles. The first-order chi connectivity index (χ1) is 18.5. The molecular weight excluding hydrogens is 496 g/mol. The molecule has 4 aliphatic rings. The fourth-order valence-corrected chi connectivity index (χ4v) is 8.53. The van der Waals surface area contributed by atoms with Crippen molar-refractivity contribution in [1.29, 1.82) is 0 Å². The maximum Gasteiger partial charge on any atom is 0.412 e. The monoisotopic (exact) mass is 532 g/mol. The van der Waals surface area contributed by atoms with E-state index in [-0.39, 0.29) is 36.4 Å². The van der Waals surface area contributed by atoms with Gasteiger partial charge in [0.25, 0.3) is 0 Å². The second-order valence-corrected chi connectivity index (χ2v) is 12.4. The number of hydrogen-bond donors (Lipinski definition) is 3. The highest BCUT2D eigenvalue weighted by atomic mass is 16.6. The summed E-state index contributed by atoms with van der Waals surface area (Å²) in [5.41, 5.74) is -0.380. The summed E-state index contributed by atoms with van der Waals surface area (Å²) in [5, 5.41) is 27.0. The lowest BCUT2D eigenvalue weighted by molar-refractivity contribution is -0.178. The Bertz CT molecular complexity index is 1440. The molecule has 0 aliphatic heterocycles. The van der Waals surface area contributed by atoms with Crippen molar-refractivity contribution in [2.24, 2.45) is 35.6 Å². The van der Waals surface area contributed by atoms with E-state index in [1.807, 2.05) is 49.0 Å². The third kappa shape index (κ3) is 3.83. The molecule has 1 amide bonds. The molecular formula is C31H36N2O6. The summed E-state index contributed by atoms with van der Waals surface area (Å²) in [5.74, 6) is -0.480. The molecule has 1 aromatic carbocycles. The van der Waals surface area contributed by atoms with E-state index >= 15 is 0 Å². The first-order valence-corrected chi connectivity index (χ1v) is 13.8. The summed E-state index contributed by atoms with van der Waals surface area (Å²) < 4.78 is 7.23. The van der Waals surface area contributed by atoms with Crippen LogP contribution in [0.5, 0.6) is 0 Å². The fourth-order valence-electron chi connectivity index (χ4n) is 8.53. The number of ether oxygens (including phenoxy) is 1. The number of allylic oxidation sites excluding steroid dienone is 4.